The van der Waals surface area contributed by atoms with Crippen molar-refractivity contribution in [3.05, 3.63) is 28.5 Å². The van der Waals surface area contributed by atoms with Crippen LogP contribution in [0.4, 0.5) is 0 Å². The number of amides is 1. The van der Waals surface area contributed by atoms with Gasteiger partial charge in [0, 0.05) is 22.7 Å². The number of rotatable bonds is 3. The maximum Gasteiger partial charge on any atom is 0.253 e. The molecule has 3 nitrogen and oxygen atoms in total. The second-order valence-electron chi connectivity index (χ2n) is 4.82. The van der Waals surface area contributed by atoms with E-state index in [0.717, 1.165) is 30.2 Å². The molecule has 1 aliphatic rings. The van der Waals surface area contributed by atoms with Crippen molar-refractivity contribution in [2.45, 2.75) is 37.6 Å². The molecular formula is C13H16BrClN2O. The molecule has 0 saturated heterocycles. The third-order valence-electron chi connectivity index (χ3n) is 3.41. The molecule has 0 aliphatic heterocycles. The molecule has 1 saturated carbocycles. The number of pyridine rings is 1. The van der Waals surface area contributed by atoms with Crippen LogP contribution in [0.5, 0.6) is 0 Å². The number of aromatic nitrogens is 1. The second-order valence-corrected chi connectivity index (χ2v) is 6.00. The van der Waals surface area contributed by atoms with E-state index in [4.69, 9.17) is 11.6 Å². The smallest absolute Gasteiger partial charge is 0.253 e. The largest absolute Gasteiger partial charge is 0.345 e. The number of carbonyl (C=O) groups is 1. The van der Waals surface area contributed by atoms with Gasteiger partial charge in [0.1, 0.15) is 0 Å². The number of hydrogen-bond acceptors (Lipinski definition) is 2. The summed E-state index contributed by atoms with van der Waals surface area (Å²) in [7, 11) is 0. The van der Waals surface area contributed by atoms with Crippen LogP contribution in [-0.4, -0.2) is 22.3 Å². The third kappa shape index (κ3) is 3.23. The Hall–Kier alpha value is -0.610. The van der Waals surface area contributed by atoms with Crippen LogP contribution in [0.2, 0.25) is 0 Å². The monoisotopic (exact) mass is 330 g/mol. The van der Waals surface area contributed by atoms with Crippen LogP contribution in [0.15, 0.2) is 22.9 Å². The van der Waals surface area contributed by atoms with Crippen molar-refractivity contribution >= 4 is 33.4 Å². The number of halogens is 2. The minimum atomic E-state index is -0.237. The Morgan fingerprint density at radius 3 is 2.72 bits per heavy atom. The normalized spacial score (nSPS) is 18.3. The highest BCUT2D eigenvalue weighted by atomic mass is 79.9. The summed E-state index contributed by atoms with van der Waals surface area (Å²) in [5, 5.41) is 3.09. The zero-order valence-corrected chi connectivity index (χ0v) is 12.4. The van der Waals surface area contributed by atoms with E-state index in [1.54, 1.807) is 18.5 Å². The summed E-state index contributed by atoms with van der Waals surface area (Å²) < 4.78 is 0.804. The van der Waals surface area contributed by atoms with Gasteiger partial charge in [0.15, 0.2) is 0 Å². The van der Waals surface area contributed by atoms with E-state index >= 15 is 0 Å². The molecular weight excluding hydrogens is 316 g/mol. The van der Waals surface area contributed by atoms with Crippen LogP contribution < -0.4 is 5.32 Å². The number of nitrogens with one attached hydrogen (secondary N) is 1. The summed E-state index contributed by atoms with van der Waals surface area (Å²) >= 11 is 9.38. The summed E-state index contributed by atoms with van der Waals surface area (Å²) in [6, 6.07) is 1.77. The van der Waals surface area contributed by atoms with Gasteiger partial charge in [-0.25, -0.2) is 0 Å². The Labute approximate surface area is 120 Å². The molecule has 1 aromatic heterocycles. The molecule has 0 radical (unpaired) electrons. The number of alkyl halides is 1. The van der Waals surface area contributed by atoms with Gasteiger partial charge in [0.25, 0.3) is 5.91 Å². The van der Waals surface area contributed by atoms with E-state index in [0.29, 0.717) is 11.4 Å². The molecule has 18 heavy (non-hydrogen) atoms. The highest BCUT2D eigenvalue weighted by Gasteiger charge is 2.32. The Morgan fingerprint density at radius 2 is 2.11 bits per heavy atom. The quantitative estimate of drug-likeness (QED) is 0.861. The van der Waals surface area contributed by atoms with Gasteiger partial charge < -0.3 is 5.32 Å². The van der Waals surface area contributed by atoms with Crippen LogP contribution in [0.1, 0.15) is 42.5 Å². The molecule has 1 amide bonds. The van der Waals surface area contributed by atoms with E-state index in [1.165, 1.54) is 6.42 Å². The topological polar surface area (TPSA) is 42.0 Å². The van der Waals surface area contributed by atoms with Gasteiger partial charge in [-0.05, 0) is 34.8 Å². The van der Waals surface area contributed by atoms with Gasteiger partial charge in [-0.1, -0.05) is 19.3 Å². The van der Waals surface area contributed by atoms with Crippen LogP contribution in [-0.2, 0) is 0 Å². The van der Waals surface area contributed by atoms with E-state index in [-0.39, 0.29) is 11.4 Å². The number of carbonyl (C=O) groups excluding carboxylic acids is 1. The zero-order chi connectivity index (χ0) is 13.0. The van der Waals surface area contributed by atoms with Crippen LogP contribution in [0.25, 0.3) is 0 Å². The molecule has 0 unspecified atom stereocenters. The lowest BCUT2D eigenvalue weighted by Crippen LogP contribution is -2.51. The number of nitrogens with zero attached hydrogens (tertiary/aromatic N) is 1. The predicted octanol–water partition coefficient (Wildman–Crippen LogP) is 3.52. The molecule has 98 valence electrons. The van der Waals surface area contributed by atoms with Crippen molar-refractivity contribution < 1.29 is 4.79 Å². The van der Waals surface area contributed by atoms with Gasteiger partial charge in [-0.15, -0.1) is 11.6 Å². The van der Waals surface area contributed by atoms with Crippen molar-refractivity contribution in [2.75, 3.05) is 5.88 Å². The van der Waals surface area contributed by atoms with Crippen molar-refractivity contribution in [1.82, 2.24) is 10.3 Å². The van der Waals surface area contributed by atoms with E-state index < -0.39 is 0 Å². The lowest BCUT2D eigenvalue weighted by Gasteiger charge is -2.36. The number of hydrogen-bond donors (Lipinski definition) is 1. The van der Waals surface area contributed by atoms with Crippen LogP contribution >= 0.6 is 27.5 Å². The molecule has 1 heterocycles. The average molecular weight is 332 g/mol. The molecule has 0 aromatic carbocycles. The molecule has 0 spiro atoms. The van der Waals surface area contributed by atoms with E-state index in [2.05, 4.69) is 26.2 Å². The molecule has 1 fully saturated rings. The Balaban J connectivity index is 2.10. The van der Waals surface area contributed by atoms with Gasteiger partial charge in [0.05, 0.1) is 11.1 Å². The van der Waals surface area contributed by atoms with Crippen molar-refractivity contribution in [1.29, 1.82) is 0 Å². The Morgan fingerprint density at radius 1 is 1.39 bits per heavy atom. The molecule has 5 heteroatoms. The highest BCUT2D eigenvalue weighted by molar-refractivity contribution is 9.10. The first-order chi connectivity index (χ1) is 8.65. The first kappa shape index (κ1) is 13.8. The fourth-order valence-electron chi connectivity index (χ4n) is 2.37. The molecule has 0 atom stereocenters. The summed E-state index contributed by atoms with van der Waals surface area (Å²) in [4.78, 5) is 16.2. The minimum Gasteiger partial charge on any atom is -0.345 e. The van der Waals surface area contributed by atoms with Gasteiger partial charge in [-0.3, -0.25) is 9.78 Å². The fraction of sp³-hybridized carbons (Fsp3) is 0.538. The average Bonchev–Trinajstić information content (AvgIpc) is 2.40. The van der Waals surface area contributed by atoms with Crippen molar-refractivity contribution in [2.24, 2.45) is 0 Å². The standard InChI is InChI=1S/C13H16BrClN2O/c14-11-6-10(7-16-8-11)12(18)17-13(9-15)4-2-1-3-5-13/h6-8H,1-5,9H2,(H,17,18). The van der Waals surface area contributed by atoms with Crippen LogP contribution in [0.3, 0.4) is 0 Å². The summed E-state index contributed by atoms with van der Waals surface area (Å²) in [5.41, 5.74) is 0.332. The summed E-state index contributed by atoms with van der Waals surface area (Å²) in [6.45, 7) is 0. The van der Waals surface area contributed by atoms with Gasteiger partial charge in [-0.2, -0.15) is 0 Å². The van der Waals surface area contributed by atoms with Gasteiger partial charge >= 0.3 is 0 Å². The summed E-state index contributed by atoms with van der Waals surface area (Å²) in [5.74, 6) is 0.381. The molecule has 1 aromatic rings. The fourth-order valence-corrected chi connectivity index (χ4v) is 3.07. The molecule has 1 aliphatic carbocycles. The SMILES string of the molecule is O=C(NC1(CCl)CCCCC1)c1cncc(Br)c1. The Bertz CT molecular complexity index is 433. The maximum absolute atomic E-state index is 12.2. The maximum atomic E-state index is 12.2. The lowest BCUT2D eigenvalue weighted by molar-refractivity contribution is 0.0884. The molecule has 2 rings (SSSR count). The Kier molecular flexibility index (Phi) is 4.62. The van der Waals surface area contributed by atoms with E-state index in [1.807, 2.05) is 0 Å². The molecule has 1 N–H and O–H groups in total. The molecule has 0 bridgehead atoms. The predicted molar refractivity (Wildman–Crippen MR) is 75.9 cm³/mol. The van der Waals surface area contributed by atoms with Crippen LogP contribution in [0, 0.1) is 0 Å². The first-order valence-electron chi connectivity index (χ1n) is 6.14. The second kappa shape index (κ2) is 6.02. The highest BCUT2D eigenvalue weighted by Crippen LogP contribution is 2.29. The third-order valence-corrected chi connectivity index (χ3v) is 4.36. The van der Waals surface area contributed by atoms with Crippen molar-refractivity contribution in [3.8, 4) is 0 Å². The van der Waals surface area contributed by atoms with E-state index in [9.17, 15) is 4.79 Å². The zero-order valence-electron chi connectivity index (χ0n) is 10.1. The summed E-state index contributed by atoms with van der Waals surface area (Å²) in [6.07, 6.45) is 8.65. The van der Waals surface area contributed by atoms with Crippen molar-refractivity contribution in [3.63, 3.8) is 0 Å². The van der Waals surface area contributed by atoms with Gasteiger partial charge in [0.2, 0.25) is 0 Å². The lowest BCUT2D eigenvalue weighted by atomic mass is 9.83. The minimum absolute atomic E-state index is 0.0913. The first-order valence-corrected chi connectivity index (χ1v) is 7.47.